The van der Waals surface area contributed by atoms with Crippen LogP contribution in [0.5, 0.6) is 0 Å². The van der Waals surface area contributed by atoms with E-state index >= 15 is 0 Å². The van der Waals surface area contributed by atoms with Gasteiger partial charge in [-0.25, -0.2) is 0 Å². The monoisotopic (exact) mass is 305 g/mol. The molecule has 1 fully saturated rings. The number of likely N-dealkylation sites (tertiary alicyclic amines) is 1. The van der Waals surface area contributed by atoms with Gasteiger partial charge >= 0.3 is 6.18 Å². The second-order valence-electron chi connectivity index (χ2n) is 5.28. The number of alkyl halides is 4. The maximum Gasteiger partial charge on any atom is 0.416 e. The summed E-state index contributed by atoms with van der Waals surface area (Å²) in [5, 5.41) is 0. The summed E-state index contributed by atoms with van der Waals surface area (Å²) in [5.41, 5.74) is 0.274. The maximum atomic E-state index is 12.7. The van der Waals surface area contributed by atoms with Crippen LogP contribution in [0.2, 0.25) is 0 Å². The van der Waals surface area contributed by atoms with Gasteiger partial charge in [0.25, 0.3) is 0 Å². The van der Waals surface area contributed by atoms with Gasteiger partial charge in [0.1, 0.15) is 0 Å². The molecule has 0 radical (unpaired) electrons. The second-order valence-corrected chi connectivity index (χ2v) is 5.66. The first-order chi connectivity index (χ1) is 9.50. The first-order valence-electron chi connectivity index (χ1n) is 6.96. The molecule has 1 aromatic rings. The summed E-state index contributed by atoms with van der Waals surface area (Å²) in [6.45, 7) is 2.87. The Morgan fingerprint density at radius 3 is 2.50 bits per heavy atom. The Morgan fingerprint density at radius 2 is 1.90 bits per heavy atom. The summed E-state index contributed by atoms with van der Waals surface area (Å²) in [6.07, 6.45) is -1.44. The minimum absolute atomic E-state index is 0.240. The lowest BCUT2D eigenvalue weighted by atomic mass is 9.88. The third-order valence-electron chi connectivity index (χ3n) is 3.88. The van der Waals surface area contributed by atoms with Crippen molar-refractivity contribution in [2.45, 2.75) is 31.4 Å². The van der Waals surface area contributed by atoms with Gasteiger partial charge in [0.05, 0.1) is 5.56 Å². The fraction of sp³-hybridized carbons (Fsp3) is 0.600. The summed E-state index contributed by atoms with van der Waals surface area (Å²) in [7, 11) is 0. The Labute approximate surface area is 122 Å². The zero-order valence-corrected chi connectivity index (χ0v) is 12.1. The maximum absolute atomic E-state index is 12.7. The van der Waals surface area contributed by atoms with E-state index in [2.05, 4.69) is 4.90 Å². The fourth-order valence-electron chi connectivity index (χ4n) is 2.74. The van der Waals surface area contributed by atoms with Crippen LogP contribution in [-0.2, 0) is 6.18 Å². The largest absolute Gasteiger partial charge is 0.416 e. The molecule has 1 saturated heterocycles. The molecular weight excluding hydrogens is 287 g/mol. The Kier molecular flexibility index (Phi) is 5.33. The highest BCUT2D eigenvalue weighted by Gasteiger charge is 2.31. The molecule has 0 aromatic heterocycles. The van der Waals surface area contributed by atoms with Crippen LogP contribution in [-0.4, -0.2) is 30.4 Å². The number of hydrogen-bond acceptors (Lipinski definition) is 1. The van der Waals surface area contributed by atoms with Crippen LogP contribution < -0.4 is 0 Å². The van der Waals surface area contributed by atoms with Crippen molar-refractivity contribution < 1.29 is 13.2 Å². The third kappa shape index (κ3) is 4.13. The molecule has 0 amide bonds. The normalized spacial score (nSPS) is 18.4. The van der Waals surface area contributed by atoms with Crippen molar-refractivity contribution in [1.29, 1.82) is 0 Å². The zero-order valence-electron chi connectivity index (χ0n) is 11.3. The van der Waals surface area contributed by atoms with Gasteiger partial charge in [0, 0.05) is 5.88 Å². The first kappa shape index (κ1) is 15.6. The van der Waals surface area contributed by atoms with E-state index < -0.39 is 11.7 Å². The number of halogens is 4. The highest BCUT2D eigenvalue weighted by atomic mass is 35.5. The minimum atomic E-state index is -4.25. The highest BCUT2D eigenvalue weighted by Crippen LogP contribution is 2.34. The van der Waals surface area contributed by atoms with Crippen molar-refractivity contribution in [2.24, 2.45) is 0 Å². The minimum Gasteiger partial charge on any atom is -0.303 e. The molecule has 2 rings (SSSR count). The molecule has 0 unspecified atom stereocenters. The van der Waals surface area contributed by atoms with Gasteiger partial charge in [-0.2, -0.15) is 13.2 Å². The number of nitrogens with zero attached hydrogens (tertiary/aromatic N) is 1. The van der Waals surface area contributed by atoms with E-state index in [0.29, 0.717) is 5.88 Å². The average molecular weight is 306 g/mol. The summed E-state index contributed by atoms with van der Waals surface area (Å²) < 4.78 is 38.1. The van der Waals surface area contributed by atoms with Crippen LogP contribution in [0.4, 0.5) is 13.2 Å². The van der Waals surface area contributed by atoms with Crippen molar-refractivity contribution >= 4 is 11.6 Å². The van der Waals surface area contributed by atoms with Gasteiger partial charge < -0.3 is 4.90 Å². The van der Waals surface area contributed by atoms with E-state index in [1.54, 1.807) is 0 Å². The van der Waals surface area contributed by atoms with Crippen LogP contribution in [0, 0.1) is 0 Å². The highest BCUT2D eigenvalue weighted by molar-refractivity contribution is 6.17. The SMILES string of the molecule is FC(F)(F)c1cccc(C2CCN(CCCCl)CC2)c1. The van der Waals surface area contributed by atoms with Crippen LogP contribution in [0.3, 0.4) is 0 Å². The molecule has 0 atom stereocenters. The molecule has 0 saturated carbocycles. The van der Waals surface area contributed by atoms with Gasteiger partial charge in [-0.05, 0) is 56.4 Å². The van der Waals surface area contributed by atoms with E-state index in [1.165, 1.54) is 12.1 Å². The van der Waals surface area contributed by atoms with Crippen molar-refractivity contribution in [3.8, 4) is 0 Å². The first-order valence-corrected chi connectivity index (χ1v) is 7.49. The van der Waals surface area contributed by atoms with Crippen LogP contribution >= 0.6 is 11.6 Å². The summed E-state index contributed by atoms with van der Waals surface area (Å²) in [4.78, 5) is 2.34. The van der Waals surface area contributed by atoms with Crippen molar-refractivity contribution in [1.82, 2.24) is 4.90 Å². The lowest BCUT2D eigenvalue weighted by Crippen LogP contribution is -2.33. The molecule has 0 spiro atoms. The van der Waals surface area contributed by atoms with Crippen molar-refractivity contribution in [2.75, 3.05) is 25.5 Å². The van der Waals surface area contributed by atoms with Gasteiger partial charge in [0.2, 0.25) is 0 Å². The lowest BCUT2D eigenvalue weighted by Gasteiger charge is -2.32. The van der Waals surface area contributed by atoms with Crippen molar-refractivity contribution in [3.05, 3.63) is 35.4 Å². The molecular formula is C15H19ClF3N. The van der Waals surface area contributed by atoms with Crippen LogP contribution in [0.25, 0.3) is 0 Å². The summed E-state index contributed by atoms with van der Waals surface area (Å²) >= 11 is 5.67. The Bertz CT molecular complexity index is 425. The standard InChI is InChI=1S/C15H19ClF3N/c16-7-2-8-20-9-5-12(6-10-20)13-3-1-4-14(11-13)15(17,18)19/h1,3-4,11-12H,2,5-10H2. The molecule has 0 N–H and O–H groups in total. The van der Waals surface area contributed by atoms with Gasteiger partial charge in [-0.15, -0.1) is 11.6 Å². The molecule has 1 aliphatic rings. The Morgan fingerprint density at radius 1 is 1.20 bits per heavy atom. The average Bonchev–Trinajstić information content (AvgIpc) is 2.45. The van der Waals surface area contributed by atoms with E-state index in [4.69, 9.17) is 11.6 Å². The van der Waals surface area contributed by atoms with E-state index in [9.17, 15) is 13.2 Å². The quantitative estimate of drug-likeness (QED) is 0.740. The predicted octanol–water partition coefficient (Wildman–Crippen LogP) is 4.51. The number of rotatable bonds is 4. The molecule has 112 valence electrons. The molecule has 1 heterocycles. The second kappa shape index (κ2) is 6.81. The van der Waals surface area contributed by atoms with E-state index in [1.807, 2.05) is 6.07 Å². The van der Waals surface area contributed by atoms with Gasteiger partial charge in [-0.1, -0.05) is 18.2 Å². The van der Waals surface area contributed by atoms with Crippen molar-refractivity contribution in [3.63, 3.8) is 0 Å². The van der Waals surface area contributed by atoms with Gasteiger partial charge in [-0.3, -0.25) is 0 Å². The van der Waals surface area contributed by atoms with E-state index in [-0.39, 0.29) is 5.92 Å². The third-order valence-corrected chi connectivity index (χ3v) is 4.15. The Hall–Kier alpha value is -0.740. The lowest BCUT2D eigenvalue weighted by molar-refractivity contribution is -0.137. The molecule has 1 aromatic carbocycles. The number of piperidine rings is 1. The fourth-order valence-corrected chi connectivity index (χ4v) is 2.86. The predicted molar refractivity (Wildman–Crippen MR) is 75.2 cm³/mol. The Balaban J connectivity index is 1.97. The number of hydrogen-bond donors (Lipinski definition) is 0. The van der Waals surface area contributed by atoms with Gasteiger partial charge in [0.15, 0.2) is 0 Å². The van der Waals surface area contributed by atoms with Crippen LogP contribution in [0.15, 0.2) is 24.3 Å². The molecule has 20 heavy (non-hydrogen) atoms. The zero-order chi connectivity index (χ0) is 14.6. The molecule has 0 bridgehead atoms. The van der Waals surface area contributed by atoms with Crippen LogP contribution in [0.1, 0.15) is 36.3 Å². The summed E-state index contributed by atoms with van der Waals surface area (Å²) in [6, 6.07) is 5.77. The molecule has 5 heteroatoms. The molecule has 1 aliphatic heterocycles. The van der Waals surface area contributed by atoms with E-state index in [0.717, 1.165) is 50.5 Å². The smallest absolute Gasteiger partial charge is 0.303 e. The number of benzene rings is 1. The molecule has 1 nitrogen and oxygen atoms in total. The molecule has 0 aliphatic carbocycles. The summed E-state index contributed by atoms with van der Waals surface area (Å²) in [5.74, 6) is 0.901. The topological polar surface area (TPSA) is 3.24 Å².